The molecule has 33 heavy (non-hydrogen) atoms. The van der Waals surface area contributed by atoms with Crippen LogP contribution in [0.15, 0.2) is 61.2 Å². The number of halogens is 4. The molecule has 1 atom stereocenters. The zero-order valence-corrected chi connectivity index (χ0v) is 19.4. The first-order chi connectivity index (χ1) is 15.9. The predicted molar refractivity (Wildman–Crippen MR) is 132 cm³/mol. The predicted octanol–water partition coefficient (Wildman–Crippen LogP) is 9.37. The van der Waals surface area contributed by atoms with Gasteiger partial charge in [0.25, 0.3) is 0 Å². The van der Waals surface area contributed by atoms with Crippen molar-refractivity contribution in [1.29, 1.82) is 0 Å². The lowest BCUT2D eigenvalue weighted by atomic mass is 9.82. The Balaban J connectivity index is 1.51. The van der Waals surface area contributed by atoms with E-state index in [4.69, 9.17) is 11.6 Å². The Labute approximate surface area is 198 Å². The van der Waals surface area contributed by atoms with E-state index >= 15 is 0 Å². The molecule has 0 radical (unpaired) electrons. The Bertz CT molecular complexity index is 1210. The molecular weight excluding hydrogens is 441 g/mol. The number of allylic oxidation sites excluding steroid dienone is 2. The van der Waals surface area contributed by atoms with Crippen molar-refractivity contribution in [2.24, 2.45) is 0 Å². The first-order valence-electron chi connectivity index (χ1n) is 11.3. The first kappa shape index (κ1) is 23.4. The second-order valence-electron chi connectivity index (χ2n) is 8.51. The third kappa shape index (κ3) is 4.65. The van der Waals surface area contributed by atoms with E-state index < -0.39 is 11.6 Å². The molecule has 0 nitrogen and oxygen atoms in total. The summed E-state index contributed by atoms with van der Waals surface area (Å²) in [6.07, 6.45) is 7.22. The molecule has 4 rings (SSSR count). The van der Waals surface area contributed by atoms with Gasteiger partial charge < -0.3 is 0 Å². The lowest BCUT2D eigenvalue weighted by molar-refractivity contribution is 0.503. The molecule has 0 fully saturated rings. The van der Waals surface area contributed by atoms with Crippen molar-refractivity contribution in [2.75, 3.05) is 0 Å². The first-order valence-corrected chi connectivity index (χ1v) is 11.7. The molecule has 4 heteroatoms. The van der Waals surface area contributed by atoms with Gasteiger partial charge in [0.05, 0.1) is 5.02 Å². The van der Waals surface area contributed by atoms with Gasteiger partial charge in [-0.15, -0.1) is 0 Å². The maximum Gasteiger partial charge on any atom is 0.166 e. The minimum absolute atomic E-state index is 0.170. The Morgan fingerprint density at radius 1 is 0.939 bits per heavy atom. The van der Waals surface area contributed by atoms with Crippen LogP contribution in [-0.2, 0) is 6.42 Å². The number of aryl methyl sites for hydroxylation is 1. The van der Waals surface area contributed by atoms with Gasteiger partial charge in [-0.05, 0) is 53.9 Å². The van der Waals surface area contributed by atoms with Gasteiger partial charge in [-0.3, -0.25) is 0 Å². The van der Waals surface area contributed by atoms with Gasteiger partial charge in [0.15, 0.2) is 11.6 Å². The van der Waals surface area contributed by atoms with E-state index in [9.17, 15) is 13.2 Å². The third-order valence-electron chi connectivity index (χ3n) is 6.46. The van der Waals surface area contributed by atoms with Gasteiger partial charge in [-0.1, -0.05) is 92.2 Å². The van der Waals surface area contributed by atoms with Crippen molar-refractivity contribution in [1.82, 2.24) is 0 Å². The van der Waals surface area contributed by atoms with E-state index in [1.165, 1.54) is 6.08 Å². The fourth-order valence-electron chi connectivity index (χ4n) is 4.56. The highest BCUT2D eigenvalue weighted by molar-refractivity contribution is 6.31. The van der Waals surface area contributed by atoms with Crippen LogP contribution in [0.3, 0.4) is 0 Å². The monoisotopic (exact) mass is 466 g/mol. The molecule has 0 heterocycles. The van der Waals surface area contributed by atoms with Crippen LogP contribution in [0.2, 0.25) is 5.02 Å². The SMILES string of the molecule is C=Cc1ccc(C2=CCC(c3ccc(-c4ccc(CCC)c(Cl)c4F)cc3)CC2)c(F)c1F. The molecule has 0 aromatic heterocycles. The van der Waals surface area contributed by atoms with Gasteiger partial charge in [0, 0.05) is 16.7 Å². The van der Waals surface area contributed by atoms with Crippen molar-refractivity contribution >= 4 is 23.3 Å². The van der Waals surface area contributed by atoms with Crippen LogP contribution in [0, 0.1) is 17.5 Å². The van der Waals surface area contributed by atoms with E-state index in [-0.39, 0.29) is 22.3 Å². The van der Waals surface area contributed by atoms with E-state index in [0.717, 1.165) is 47.9 Å². The number of benzene rings is 3. The number of rotatable bonds is 6. The molecule has 0 amide bonds. The molecule has 1 aliphatic rings. The number of hydrogen-bond donors (Lipinski definition) is 0. The second kappa shape index (κ2) is 10.0. The Morgan fingerprint density at radius 3 is 2.30 bits per heavy atom. The highest BCUT2D eigenvalue weighted by Crippen LogP contribution is 2.38. The van der Waals surface area contributed by atoms with Gasteiger partial charge in [0.2, 0.25) is 0 Å². The summed E-state index contributed by atoms with van der Waals surface area (Å²) in [7, 11) is 0. The minimum atomic E-state index is -0.851. The summed E-state index contributed by atoms with van der Waals surface area (Å²) in [5, 5.41) is 0.202. The Hall–Kier alpha value is -2.78. The second-order valence-corrected chi connectivity index (χ2v) is 8.89. The van der Waals surface area contributed by atoms with Crippen molar-refractivity contribution in [2.45, 2.75) is 44.9 Å². The molecule has 0 saturated heterocycles. The van der Waals surface area contributed by atoms with Crippen molar-refractivity contribution in [3.63, 3.8) is 0 Å². The van der Waals surface area contributed by atoms with E-state index in [1.807, 2.05) is 43.3 Å². The summed E-state index contributed by atoms with van der Waals surface area (Å²) in [5.41, 5.74) is 4.59. The van der Waals surface area contributed by atoms with Crippen molar-refractivity contribution in [3.8, 4) is 11.1 Å². The van der Waals surface area contributed by atoms with Gasteiger partial charge in [0.1, 0.15) is 5.82 Å². The average molecular weight is 467 g/mol. The molecular formula is C29H26ClF3. The molecule has 0 N–H and O–H groups in total. The summed E-state index contributed by atoms with van der Waals surface area (Å²) in [4.78, 5) is 0. The van der Waals surface area contributed by atoms with Crippen LogP contribution >= 0.6 is 11.6 Å². The van der Waals surface area contributed by atoms with Gasteiger partial charge >= 0.3 is 0 Å². The van der Waals surface area contributed by atoms with Crippen LogP contribution in [0.1, 0.15) is 60.8 Å². The largest absolute Gasteiger partial charge is 0.205 e. The molecule has 0 spiro atoms. The molecule has 0 aliphatic heterocycles. The third-order valence-corrected chi connectivity index (χ3v) is 6.87. The smallest absolute Gasteiger partial charge is 0.166 e. The Kier molecular flexibility index (Phi) is 7.09. The average Bonchev–Trinajstić information content (AvgIpc) is 2.84. The molecule has 3 aromatic rings. The standard InChI is InChI=1S/C29H26ClF3/c1-3-5-23-15-17-24(28(32)26(23)30)21-10-6-19(7-11-21)20-8-12-22(13-9-20)25-16-14-18(4-2)27(31)29(25)33/h4,6-7,10-12,14-17,20H,2-3,5,8-9,13H2,1H3. The van der Waals surface area contributed by atoms with E-state index in [0.29, 0.717) is 17.5 Å². The van der Waals surface area contributed by atoms with Crippen LogP contribution in [-0.4, -0.2) is 0 Å². The summed E-state index contributed by atoms with van der Waals surface area (Å²) in [6, 6.07) is 14.8. The molecule has 0 saturated carbocycles. The van der Waals surface area contributed by atoms with Crippen LogP contribution in [0.25, 0.3) is 22.8 Å². The van der Waals surface area contributed by atoms with Crippen LogP contribution in [0.5, 0.6) is 0 Å². The van der Waals surface area contributed by atoms with Crippen molar-refractivity contribution < 1.29 is 13.2 Å². The summed E-state index contributed by atoms with van der Waals surface area (Å²) < 4.78 is 43.5. The van der Waals surface area contributed by atoms with Gasteiger partial charge in [-0.2, -0.15) is 0 Å². The quantitative estimate of drug-likeness (QED) is 0.339. The maximum absolute atomic E-state index is 14.8. The highest BCUT2D eigenvalue weighted by atomic mass is 35.5. The van der Waals surface area contributed by atoms with Crippen molar-refractivity contribution in [3.05, 3.63) is 106 Å². The maximum atomic E-state index is 14.8. The highest BCUT2D eigenvalue weighted by Gasteiger charge is 2.21. The molecule has 170 valence electrons. The van der Waals surface area contributed by atoms with Gasteiger partial charge in [-0.25, -0.2) is 13.2 Å². The summed E-state index contributed by atoms with van der Waals surface area (Å²) in [6.45, 7) is 5.55. The summed E-state index contributed by atoms with van der Waals surface area (Å²) in [5.74, 6) is -1.76. The zero-order chi connectivity index (χ0) is 23.5. The van der Waals surface area contributed by atoms with Crippen LogP contribution in [0.4, 0.5) is 13.2 Å². The fourth-order valence-corrected chi connectivity index (χ4v) is 4.82. The molecule has 3 aromatic carbocycles. The van der Waals surface area contributed by atoms with Crippen LogP contribution < -0.4 is 0 Å². The molecule has 1 unspecified atom stereocenters. The lowest BCUT2D eigenvalue weighted by Gasteiger charge is -2.23. The number of hydrogen-bond acceptors (Lipinski definition) is 0. The topological polar surface area (TPSA) is 0 Å². The normalized spacial score (nSPS) is 15.9. The summed E-state index contributed by atoms with van der Waals surface area (Å²) >= 11 is 6.25. The van der Waals surface area contributed by atoms with E-state index in [1.54, 1.807) is 18.2 Å². The Morgan fingerprint density at radius 2 is 1.67 bits per heavy atom. The minimum Gasteiger partial charge on any atom is -0.205 e. The van der Waals surface area contributed by atoms with E-state index in [2.05, 4.69) is 6.58 Å². The zero-order valence-electron chi connectivity index (χ0n) is 18.6. The fraction of sp³-hybridized carbons (Fsp3) is 0.241. The lowest BCUT2D eigenvalue weighted by Crippen LogP contribution is -2.06. The molecule has 1 aliphatic carbocycles. The molecule has 0 bridgehead atoms.